The number of hydrogen-bond donors (Lipinski definition) is 2. The first-order chi connectivity index (χ1) is 13.4. The molecule has 6 nitrogen and oxygen atoms in total. The van der Waals surface area contributed by atoms with Gasteiger partial charge in [0, 0.05) is 13.0 Å². The monoisotopic (exact) mass is 379 g/mol. The van der Waals surface area contributed by atoms with E-state index in [1.807, 2.05) is 19.1 Å². The fraction of sp³-hybridized carbons (Fsp3) is 0.318. The van der Waals surface area contributed by atoms with Crippen LogP contribution < -0.4 is 16.6 Å². The van der Waals surface area contributed by atoms with Gasteiger partial charge in [0.2, 0.25) is 5.91 Å². The highest BCUT2D eigenvalue weighted by Gasteiger charge is 2.12. The first-order valence-corrected chi connectivity index (χ1v) is 9.48. The fourth-order valence-corrected chi connectivity index (χ4v) is 3.24. The Morgan fingerprint density at radius 3 is 2.32 bits per heavy atom. The van der Waals surface area contributed by atoms with E-state index in [9.17, 15) is 14.4 Å². The quantitative estimate of drug-likeness (QED) is 0.690. The number of carbonyl (C=O) groups is 1. The van der Waals surface area contributed by atoms with Crippen molar-refractivity contribution in [1.82, 2.24) is 14.9 Å². The molecule has 1 atom stereocenters. The Balaban J connectivity index is 1.68. The van der Waals surface area contributed by atoms with Crippen LogP contribution in [0.25, 0.3) is 10.9 Å². The van der Waals surface area contributed by atoms with Crippen LogP contribution in [-0.2, 0) is 11.3 Å². The molecule has 2 aromatic carbocycles. The summed E-state index contributed by atoms with van der Waals surface area (Å²) in [5, 5.41) is 3.40. The number of hydrogen-bond acceptors (Lipinski definition) is 3. The number of aryl methyl sites for hydroxylation is 1. The molecule has 28 heavy (non-hydrogen) atoms. The summed E-state index contributed by atoms with van der Waals surface area (Å²) in [6, 6.07) is 15.0. The number of rotatable bonds is 6. The Labute approximate surface area is 163 Å². The van der Waals surface area contributed by atoms with E-state index in [0.717, 1.165) is 5.56 Å². The molecule has 2 N–H and O–H groups in total. The summed E-state index contributed by atoms with van der Waals surface area (Å²) in [5.74, 6) is 0.312. The van der Waals surface area contributed by atoms with E-state index in [0.29, 0.717) is 16.8 Å². The second kappa shape index (κ2) is 8.25. The Morgan fingerprint density at radius 1 is 1.00 bits per heavy atom. The number of aromatic nitrogens is 2. The number of amides is 1. The van der Waals surface area contributed by atoms with Gasteiger partial charge in [0.05, 0.1) is 16.9 Å². The predicted octanol–water partition coefficient (Wildman–Crippen LogP) is 3.08. The van der Waals surface area contributed by atoms with Crippen LogP contribution >= 0.6 is 0 Å². The van der Waals surface area contributed by atoms with Crippen molar-refractivity contribution in [2.75, 3.05) is 0 Å². The standard InChI is InChI=1S/C22H25N3O3/c1-14(2)16-8-10-17(11-9-16)15(3)23-20(26)12-13-25-19-7-5-4-6-18(19)21(27)24-22(25)28/h4-11,14-15H,12-13H2,1-3H3,(H,23,26)(H,24,27,28)/t15-/m1/s1. The number of fused-ring (bicyclic) bond motifs is 1. The Morgan fingerprint density at radius 2 is 1.64 bits per heavy atom. The van der Waals surface area contributed by atoms with Crippen LogP contribution in [0.5, 0.6) is 0 Å². The predicted molar refractivity (Wildman–Crippen MR) is 111 cm³/mol. The van der Waals surface area contributed by atoms with Gasteiger partial charge < -0.3 is 5.32 Å². The van der Waals surface area contributed by atoms with Crippen molar-refractivity contribution in [3.05, 3.63) is 80.5 Å². The van der Waals surface area contributed by atoms with Gasteiger partial charge in [-0.2, -0.15) is 0 Å². The van der Waals surface area contributed by atoms with Gasteiger partial charge >= 0.3 is 5.69 Å². The van der Waals surface area contributed by atoms with Crippen molar-refractivity contribution >= 4 is 16.8 Å². The van der Waals surface area contributed by atoms with Crippen LogP contribution in [0.1, 0.15) is 50.3 Å². The molecule has 1 amide bonds. The second-order valence-corrected chi connectivity index (χ2v) is 7.29. The lowest BCUT2D eigenvalue weighted by Gasteiger charge is -2.16. The van der Waals surface area contributed by atoms with Gasteiger partial charge in [0.25, 0.3) is 5.56 Å². The lowest BCUT2D eigenvalue weighted by molar-refractivity contribution is -0.121. The molecule has 146 valence electrons. The SMILES string of the molecule is CC(C)c1ccc([C@@H](C)NC(=O)CCn2c(=O)[nH]c(=O)c3ccccc32)cc1. The van der Waals surface area contributed by atoms with Gasteiger partial charge in [-0.1, -0.05) is 50.2 Å². The van der Waals surface area contributed by atoms with Crippen molar-refractivity contribution in [2.45, 2.75) is 45.7 Å². The maximum absolute atomic E-state index is 12.4. The van der Waals surface area contributed by atoms with E-state index < -0.39 is 11.2 Å². The number of para-hydroxylation sites is 1. The van der Waals surface area contributed by atoms with Gasteiger partial charge in [-0.3, -0.25) is 19.1 Å². The number of carbonyl (C=O) groups excluding carboxylic acids is 1. The summed E-state index contributed by atoms with van der Waals surface area (Å²) in [4.78, 5) is 38.8. The van der Waals surface area contributed by atoms with Crippen LogP contribution in [0, 0.1) is 0 Å². The fourth-order valence-electron chi connectivity index (χ4n) is 3.24. The maximum Gasteiger partial charge on any atom is 0.328 e. The van der Waals surface area contributed by atoms with E-state index in [4.69, 9.17) is 0 Å². The molecule has 0 aliphatic carbocycles. The van der Waals surface area contributed by atoms with E-state index in [1.54, 1.807) is 24.3 Å². The van der Waals surface area contributed by atoms with Crippen LogP contribution in [0.4, 0.5) is 0 Å². The highest BCUT2D eigenvalue weighted by atomic mass is 16.2. The number of aromatic amines is 1. The third-order valence-corrected chi connectivity index (χ3v) is 4.95. The minimum Gasteiger partial charge on any atom is -0.350 e. The molecule has 1 aromatic heterocycles. The zero-order valence-electron chi connectivity index (χ0n) is 16.4. The van der Waals surface area contributed by atoms with Crippen molar-refractivity contribution in [1.29, 1.82) is 0 Å². The van der Waals surface area contributed by atoms with Crippen molar-refractivity contribution in [3.8, 4) is 0 Å². The third kappa shape index (κ3) is 4.22. The molecule has 0 aliphatic rings. The highest BCUT2D eigenvalue weighted by Crippen LogP contribution is 2.18. The molecule has 1 heterocycles. The van der Waals surface area contributed by atoms with Gasteiger partial charge in [-0.15, -0.1) is 0 Å². The smallest absolute Gasteiger partial charge is 0.328 e. The molecule has 0 radical (unpaired) electrons. The number of nitrogens with one attached hydrogen (secondary N) is 2. The third-order valence-electron chi connectivity index (χ3n) is 4.95. The molecule has 3 aromatic rings. The van der Waals surface area contributed by atoms with E-state index in [-0.39, 0.29) is 24.9 Å². The van der Waals surface area contributed by atoms with Crippen LogP contribution in [0.15, 0.2) is 58.1 Å². The first kappa shape index (κ1) is 19.6. The molecule has 6 heteroatoms. The average Bonchev–Trinajstić information content (AvgIpc) is 2.67. The normalized spacial score (nSPS) is 12.3. The van der Waals surface area contributed by atoms with Crippen LogP contribution in [-0.4, -0.2) is 15.5 Å². The zero-order chi connectivity index (χ0) is 20.3. The molecule has 0 aliphatic heterocycles. The summed E-state index contributed by atoms with van der Waals surface area (Å²) in [6.07, 6.45) is 0.143. The number of benzene rings is 2. The average molecular weight is 379 g/mol. The minimum atomic E-state index is -0.506. The van der Waals surface area contributed by atoms with Gasteiger partial charge in [0.15, 0.2) is 0 Å². The van der Waals surface area contributed by atoms with Crippen molar-refractivity contribution in [2.24, 2.45) is 0 Å². The molecule has 0 unspecified atom stereocenters. The molecule has 3 rings (SSSR count). The summed E-state index contributed by atoms with van der Waals surface area (Å²) >= 11 is 0. The van der Waals surface area contributed by atoms with E-state index in [1.165, 1.54) is 10.1 Å². The largest absolute Gasteiger partial charge is 0.350 e. The Kier molecular flexibility index (Phi) is 5.78. The van der Waals surface area contributed by atoms with Crippen LogP contribution in [0.2, 0.25) is 0 Å². The van der Waals surface area contributed by atoms with Gasteiger partial charge in [-0.05, 0) is 36.1 Å². The summed E-state index contributed by atoms with van der Waals surface area (Å²) < 4.78 is 1.43. The maximum atomic E-state index is 12.4. The summed E-state index contributed by atoms with van der Waals surface area (Å²) in [7, 11) is 0. The van der Waals surface area contributed by atoms with E-state index in [2.05, 4.69) is 36.3 Å². The molecule has 0 fully saturated rings. The van der Waals surface area contributed by atoms with Crippen LogP contribution in [0.3, 0.4) is 0 Å². The Bertz CT molecular complexity index is 1090. The Hall–Kier alpha value is -3.15. The van der Waals surface area contributed by atoms with Crippen molar-refractivity contribution in [3.63, 3.8) is 0 Å². The summed E-state index contributed by atoms with van der Waals surface area (Å²) in [6.45, 7) is 6.41. The number of nitrogens with zero attached hydrogens (tertiary/aromatic N) is 1. The van der Waals surface area contributed by atoms with E-state index >= 15 is 0 Å². The van der Waals surface area contributed by atoms with Crippen molar-refractivity contribution < 1.29 is 4.79 Å². The molecule has 0 bridgehead atoms. The summed E-state index contributed by atoms with van der Waals surface area (Å²) in [5.41, 5.74) is 1.89. The zero-order valence-corrected chi connectivity index (χ0v) is 16.4. The van der Waals surface area contributed by atoms with Gasteiger partial charge in [-0.25, -0.2) is 4.79 Å². The first-order valence-electron chi connectivity index (χ1n) is 9.48. The molecule has 0 saturated heterocycles. The van der Waals surface area contributed by atoms with Gasteiger partial charge in [0.1, 0.15) is 0 Å². The highest BCUT2D eigenvalue weighted by molar-refractivity contribution is 5.79. The lowest BCUT2D eigenvalue weighted by Crippen LogP contribution is -2.33. The molecular formula is C22H25N3O3. The molecule has 0 saturated carbocycles. The second-order valence-electron chi connectivity index (χ2n) is 7.29. The topological polar surface area (TPSA) is 84.0 Å². The minimum absolute atomic E-state index is 0.127. The molecule has 0 spiro atoms. The lowest BCUT2D eigenvalue weighted by atomic mass is 9.99. The molecular weight excluding hydrogens is 354 g/mol. The number of H-pyrrole nitrogens is 1.